The number of hydrogen-bond donors (Lipinski definition) is 1. The number of hydrogen-bond acceptors (Lipinski definition) is 4. The molecule has 1 saturated heterocycles. The minimum atomic E-state index is -0.00146. The molecular weight excluding hydrogens is 262 g/mol. The van der Waals surface area contributed by atoms with Crippen molar-refractivity contribution in [2.75, 3.05) is 13.1 Å². The molecule has 2 heterocycles. The SMILES string of the molecule is Cc1ccc(Cc2noc(C3(C(C)C)CCNC3)n2)cc1. The summed E-state index contributed by atoms with van der Waals surface area (Å²) in [6, 6.07) is 8.49. The Morgan fingerprint density at radius 3 is 2.67 bits per heavy atom. The zero-order valence-corrected chi connectivity index (χ0v) is 13.0. The van der Waals surface area contributed by atoms with Crippen molar-refractivity contribution in [3.63, 3.8) is 0 Å². The average Bonchev–Trinajstić information content (AvgIpc) is 3.11. The summed E-state index contributed by atoms with van der Waals surface area (Å²) >= 11 is 0. The van der Waals surface area contributed by atoms with E-state index in [1.54, 1.807) is 0 Å². The Balaban J connectivity index is 1.81. The topological polar surface area (TPSA) is 51.0 Å². The Bertz CT molecular complexity index is 595. The molecule has 112 valence electrons. The minimum Gasteiger partial charge on any atom is -0.339 e. The highest BCUT2D eigenvalue weighted by atomic mass is 16.5. The summed E-state index contributed by atoms with van der Waals surface area (Å²) < 4.78 is 5.61. The van der Waals surface area contributed by atoms with Gasteiger partial charge in [-0.15, -0.1) is 0 Å². The molecule has 1 unspecified atom stereocenters. The molecule has 0 saturated carbocycles. The third kappa shape index (κ3) is 2.72. The highest BCUT2D eigenvalue weighted by Crippen LogP contribution is 2.36. The van der Waals surface area contributed by atoms with Crippen LogP contribution in [0.5, 0.6) is 0 Å². The molecule has 0 radical (unpaired) electrons. The molecule has 1 aromatic carbocycles. The smallest absolute Gasteiger partial charge is 0.234 e. The molecule has 1 aromatic heterocycles. The molecule has 0 amide bonds. The fourth-order valence-electron chi connectivity index (χ4n) is 3.05. The van der Waals surface area contributed by atoms with Crippen LogP contribution >= 0.6 is 0 Å². The lowest BCUT2D eigenvalue weighted by Gasteiger charge is -2.28. The third-order valence-electron chi connectivity index (χ3n) is 4.67. The number of aromatic nitrogens is 2. The first-order chi connectivity index (χ1) is 10.1. The van der Waals surface area contributed by atoms with E-state index >= 15 is 0 Å². The van der Waals surface area contributed by atoms with E-state index < -0.39 is 0 Å². The highest BCUT2D eigenvalue weighted by Gasteiger charge is 2.43. The summed E-state index contributed by atoms with van der Waals surface area (Å²) in [6.07, 6.45) is 1.79. The molecule has 0 spiro atoms. The third-order valence-corrected chi connectivity index (χ3v) is 4.67. The number of nitrogens with zero attached hydrogens (tertiary/aromatic N) is 2. The van der Waals surface area contributed by atoms with Gasteiger partial charge in [-0.25, -0.2) is 0 Å². The van der Waals surface area contributed by atoms with Gasteiger partial charge in [-0.2, -0.15) is 4.98 Å². The van der Waals surface area contributed by atoms with Crippen molar-refractivity contribution in [3.05, 3.63) is 47.1 Å². The maximum Gasteiger partial charge on any atom is 0.234 e. The van der Waals surface area contributed by atoms with E-state index in [1.165, 1.54) is 11.1 Å². The minimum absolute atomic E-state index is 0.00146. The van der Waals surface area contributed by atoms with E-state index in [0.29, 0.717) is 5.92 Å². The van der Waals surface area contributed by atoms with Crippen LogP contribution in [0.25, 0.3) is 0 Å². The summed E-state index contributed by atoms with van der Waals surface area (Å²) in [6.45, 7) is 8.51. The first-order valence-corrected chi connectivity index (χ1v) is 7.69. The molecule has 1 N–H and O–H groups in total. The van der Waals surface area contributed by atoms with Gasteiger partial charge in [0.25, 0.3) is 0 Å². The Hall–Kier alpha value is -1.68. The molecule has 1 aliphatic rings. The van der Waals surface area contributed by atoms with Gasteiger partial charge < -0.3 is 9.84 Å². The van der Waals surface area contributed by atoms with Crippen molar-refractivity contribution in [2.45, 2.75) is 39.0 Å². The van der Waals surface area contributed by atoms with Crippen LogP contribution in [0.15, 0.2) is 28.8 Å². The van der Waals surface area contributed by atoms with E-state index in [4.69, 9.17) is 4.52 Å². The zero-order valence-electron chi connectivity index (χ0n) is 13.0. The summed E-state index contributed by atoms with van der Waals surface area (Å²) in [5.74, 6) is 2.06. The van der Waals surface area contributed by atoms with Gasteiger partial charge in [0.15, 0.2) is 5.82 Å². The van der Waals surface area contributed by atoms with Crippen molar-refractivity contribution in [1.29, 1.82) is 0 Å². The Morgan fingerprint density at radius 1 is 1.29 bits per heavy atom. The number of rotatable bonds is 4. The van der Waals surface area contributed by atoms with Crippen LogP contribution in [-0.4, -0.2) is 23.2 Å². The van der Waals surface area contributed by atoms with E-state index in [9.17, 15) is 0 Å². The molecule has 1 atom stereocenters. The molecule has 0 bridgehead atoms. The molecule has 21 heavy (non-hydrogen) atoms. The predicted octanol–water partition coefficient (Wildman–Crippen LogP) is 2.86. The second-order valence-electron chi connectivity index (χ2n) is 6.42. The average molecular weight is 285 g/mol. The van der Waals surface area contributed by atoms with Crippen LogP contribution in [0.2, 0.25) is 0 Å². The van der Waals surface area contributed by atoms with Crippen LogP contribution in [0.4, 0.5) is 0 Å². The second kappa shape index (κ2) is 5.60. The summed E-state index contributed by atoms with van der Waals surface area (Å²) in [5.41, 5.74) is 2.48. The van der Waals surface area contributed by atoms with Crippen molar-refractivity contribution >= 4 is 0 Å². The molecular formula is C17H23N3O. The largest absolute Gasteiger partial charge is 0.339 e. The molecule has 0 aliphatic carbocycles. The number of benzene rings is 1. The van der Waals surface area contributed by atoms with Crippen LogP contribution in [-0.2, 0) is 11.8 Å². The quantitative estimate of drug-likeness (QED) is 0.938. The lowest BCUT2D eigenvalue weighted by Crippen LogP contribution is -2.35. The Labute approximate surface area is 126 Å². The standard InChI is InChI=1S/C17H23N3O/c1-12(2)17(8-9-18-11-17)16-19-15(20-21-16)10-14-6-4-13(3)5-7-14/h4-7,12,18H,8-11H2,1-3H3. The first-order valence-electron chi connectivity index (χ1n) is 7.69. The van der Waals surface area contributed by atoms with Gasteiger partial charge in [0, 0.05) is 13.0 Å². The fourth-order valence-corrected chi connectivity index (χ4v) is 3.05. The van der Waals surface area contributed by atoms with Gasteiger partial charge in [0.2, 0.25) is 5.89 Å². The molecule has 4 heteroatoms. The van der Waals surface area contributed by atoms with Gasteiger partial charge in [-0.1, -0.05) is 48.8 Å². The molecule has 1 aliphatic heterocycles. The van der Waals surface area contributed by atoms with Gasteiger partial charge in [0.05, 0.1) is 5.41 Å². The molecule has 3 rings (SSSR count). The van der Waals surface area contributed by atoms with Crippen molar-refractivity contribution in [1.82, 2.24) is 15.5 Å². The summed E-state index contributed by atoms with van der Waals surface area (Å²) in [5, 5.41) is 7.62. The Morgan fingerprint density at radius 2 is 2.05 bits per heavy atom. The van der Waals surface area contributed by atoms with Crippen LogP contribution < -0.4 is 5.32 Å². The fraction of sp³-hybridized carbons (Fsp3) is 0.529. The van der Waals surface area contributed by atoms with Crippen LogP contribution in [0, 0.1) is 12.8 Å². The zero-order chi connectivity index (χ0) is 14.9. The summed E-state index contributed by atoms with van der Waals surface area (Å²) in [4.78, 5) is 4.69. The lowest BCUT2D eigenvalue weighted by atomic mass is 9.76. The van der Waals surface area contributed by atoms with Gasteiger partial charge in [-0.05, 0) is 31.4 Å². The second-order valence-corrected chi connectivity index (χ2v) is 6.42. The van der Waals surface area contributed by atoms with Crippen molar-refractivity contribution in [2.24, 2.45) is 5.92 Å². The highest BCUT2D eigenvalue weighted by molar-refractivity contribution is 5.24. The number of nitrogens with one attached hydrogen (secondary N) is 1. The van der Waals surface area contributed by atoms with Crippen molar-refractivity contribution < 1.29 is 4.52 Å². The molecule has 1 fully saturated rings. The van der Waals surface area contributed by atoms with Gasteiger partial charge in [-0.3, -0.25) is 0 Å². The normalized spacial score (nSPS) is 22.1. The van der Waals surface area contributed by atoms with Crippen molar-refractivity contribution in [3.8, 4) is 0 Å². The monoisotopic (exact) mass is 285 g/mol. The molecule has 2 aromatic rings. The maximum absolute atomic E-state index is 5.61. The van der Waals surface area contributed by atoms with Gasteiger partial charge >= 0.3 is 0 Å². The van der Waals surface area contributed by atoms with Crippen LogP contribution in [0.3, 0.4) is 0 Å². The maximum atomic E-state index is 5.61. The lowest BCUT2D eigenvalue weighted by molar-refractivity contribution is 0.234. The van der Waals surface area contributed by atoms with Gasteiger partial charge in [0.1, 0.15) is 0 Å². The Kier molecular flexibility index (Phi) is 3.81. The first kappa shape index (κ1) is 14.3. The number of aryl methyl sites for hydroxylation is 1. The van der Waals surface area contributed by atoms with Crippen LogP contribution in [0.1, 0.15) is 43.1 Å². The van der Waals surface area contributed by atoms with E-state index in [1.807, 2.05) is 0 Å². The molecule has 4 nitrogen and oxygen atoms in total. The van der Waals surface area contributed by atoms with E-state index in [-0.39, 0.29) is 5.41 Å². The summed E-state index contributed by atoms with van der Waals surface area (Å²) in [7, 11) is 0. The van der Waals surface area contributed by atoms with E-state index in [0.717, 1.165) is 37.6 Å². The van der Waals surface area contributed by atoms with E-state index in [2.05, 4.69) is 60.5 Å². The predicted molar refractivity (Wildman–Crippen MR) is 82.3 cm³/mol.